The van der Waals surface area contributed by atoms with E-state index in [9.17, 15) is 19.7 Å². The van der Waals surface area contributed by atoms with Gasteiger partial charge in [0.15, 0.2) is 0 Å². The zero-order valence-corrected chi connectivity index (χ0v) is 10.5. The van der Waals surface area contributed by atoms with Crippen molar-refractivity contribution in [3.8, 4) is 0 Å². The van der Waals surface area contributed by atoms with Crippen molar-refractivity contribution in [1.82, 2.24) is 5.32 Å². The molecule has 102 valence electrons. The summed E-state index contributed by atoms with van der Waals surface area (Å²) in [5, 5.41) is 22.2. The fraction of sp³-hybridized carbons (Fsp3) is 0.333. The minimum atomic E-state index is -1.30. The number of carbonyl (C=O) groups is 2. The summed E-state index contributed by atoms with van der Waals surface area (Å²) in [5.74, 6) is -1.74. The van der Waals surface area contributed by atoms with Gasteiger partial charge in [-0.25, -0.2) is 4.79 Å². The topological polar surface area (TPSA) is 110 Å². The highest BCUT2D eigenvalue weighted by Crippen LogP contribution is 2.18. The van der Waals surface area contributed by atoms with E-state index >= 15 is 0 Å². The van der Waals surface area contributed by atoms with Gasteiger partial charge in [0, 0.05) is 18.7 Å². The molecule has 0 unspecified atom stereocenters. The molecule has 1 amide bonds. The molecule has 0 aromatic heterocycles. The first-order valence-electron chi connectivity index (χ1n) is 5.63. The molecular formula is C12H14N2O5. The number of benzene rings is 1. The molecule has 0 aliphatic heterocycles. The van der Waals surface area contributed by atoms with Crippen molar-refractivity contribution in [2.75, 3.05) is 6.54 Å². The molecule has 0 radical (unpaired) electrons. The summed E-state index contributed by atoms with van der Waals surface area (Å²) >= 11 is 0. The predicted molar refractivity (Wildman–Crippen MR) is 67.2 cm³/mol. The van der Waals surface area contributed by atoms with Gasteiger partial charge >= 0.3 is 5.97 Å². The van der Waals surface area contributed by atoms with Crippen molar-refractivity contribution in [2.24, 2.45) is 5.92 Å². The zero-order chi connectivity index (χ0) is 14.6. The largest absolute Gasteiger partial charge is 0.478 e. The number of non-ortho nitro benzene ring substituents is 1. The fourth-order valence-electron chi connectivity index (χ4n) is 1.41. The van der Waals surface area contributed by atoms with E-state index < -0.39 is 16.8 Å². The molecule has 0 atom stereocenters. The van der Waals surface area contributed by atoms with E-state index in [1.54, 1.807) is 0 Å². The number of carbonyl (C=O) groups excluding carboxylic acids is 1. The van der Waals surface area contributed by atoms with Crippen molar-refractivity contribution in [1.29, 1.82) is 0 Å². The Hall–Kier alpha value is -2.44. The van der Waals surface area contributed by atoms with E-state index in [0.29, 0.717) is 6.54 Å². The highest BCUT2D eigenvalue weighted by atomic mass is 16.6. The summed E-state index contributed by atoms with van der Waals surface area (Å²) < 4.78 is 0. The van der Waals surface area contributed by atoms with E-state index in [1.165, 1.54) is 0 Å². The van der Waals surface area contributed by atoms with Crippen molar-refractivity contribution in [3.05, 3.63) is 39.4 Å². The number of hydrogen-bond donors (Lipinski definition) is 2. The average molecular weight is 266 g/mol. The molecule has 0 aliphatic carbocycles. The van der Waals surface area contributed by atoms with Gasteiger partial charge in [0.1, 0.15) is 0 Å². The number of nitrogens with zero attached hydrogens (tertiary/aromatic N) is 1. The molecule has 7 heteroatoms. The Labute approximate surface area is 109 Å². The van der Waals surface area contributed by atoms with E-state index in [2.05, 4.69) is 5.32 Å². The quantitative estimate of drug-likeness (QED) is 0.622. The Morgan fingerprint density at radius 3 is 2.47 bits per heavy atom. The third kappa shape index (κ3) is 3.77. The molecule has 1 aromatic carbocycles. The van der Waals surface area contributed by atoms with Gasteiger partial charge in [0.05, 0.1) is 16.1 Å². The SMILES string of the molecule is CC(C)CNC(=O)c1cc([N+](=O)[O-])ccc1C(=O)O. The molecule has 0 saturated carbocycles. The second-order valence-corrected chi connectivity index (χ2v) is 4.40. The van der Waals surface area contributed by atoms with Crippen LogP contribution in [0.2, 0.25) is 0 Å². The van der Waals surface area contributed by atoms with Crippen LogP contribution in [0.4, 0.5) is 5.69 Å². The highest BCUT2D eigenvalue weighted by molar-refractivity contribution is 6.05. The van der Waals surface area contributed by atoms with Crippen LogP contribution in [0.3, 0.4) is 0 Å². The zero-order valence-electron chi connectivity index (χ0n) is 10.5. The van der Waals surface area contributed by atoms with Crippen LogP contribution in [-0.2, 0) is 0 Å². The Balaban J connectivity index is 3.13. The minimum absolute atomic E-state index is 0.191. The van der Waals surface area contributed by atoms with Crippen molar-refractivity contribution >= 4 is 17.6 Å². The molecular weight excluding hydrogens is 252 g/mol. The molecule has 0 aliphatic rings. The van der Waals surface area contributed by atoms with Gasteiger partial charge in [-0.2, -0.15) is 0 Å². The number of carboxylic acid groups (broad SMARTS) is 1. The number of aromatic carboxylic acids is 1. The van der Waals surface area contributed by atoms with Gasteiger partial charge in [-0.05, 0) is 12.0 Å². The summed E-state index contributed by atoms with van der Waals surface area (Å²) in [6, 6.07) is 3.09. The minimum Gasteiger partial charge on any atom is -0.478 e. The standard InChI is InChI=1S/C12H14N2O5/c1-7(2)6-13-11(15)10-5-8(14(18)19)3-4-9(10)12(16)17/h3-5,7H,6H2,1-2H3,(H,13,15)(H,16,17). The molecule has 0 heterocycles. The van der Waals surface area contributed by atoms with Gasteiger partial charge in [-0.3, -0.25) is 14.9 Å². The molecule has 0 bridgehead atoms. The van der Waals surface area contributed by atoms with Crippen LogP contribution in [0.5, 0.6) is 0 Å². The summed E-state index contributed by atoms with van der Waals surface area (Å²) in [6.07, 6.45) is 0. The summed E-state index contributed by atoms with van der Waals surface area (Å²) in [7, 11) is 0. The molecule has 0 spiro atoms. The monoisotopic (exact) mass is 266 g/mol. The fourth-order valence-corrected chi connectivity index (χ4v) is 1.41. The van der Waals surface area contributed by atoms with E-state index in [-0.39, 0.29) is 22.7 Å². The van der Waals surface area contributed by atoms with Crippen molar-refractivity contribution in [3.63, 3.8) is 0 Å². The lowest BCUT2D eigenvalue weighted by atomic mass is 10.1. The Bertz CT molecular complexity index is 525. The molecule has 0 fully saturated rings. The average Bonchev–Trinajstić information content (AvgIpc) is 2.34. The van der Waals surface area contributed by atoms with Gasteiger partial charge in [-0.15, -0.1) is 0 Å². The van der Waals surface area contributed by atoms with Crippen LogP contribution < -0.4 is 5.32 Å². The van der Waals surface area contributed by atoms with Gasteiger partial charge < -0.3 is 10.4 Å². The number of nitrogens with one attached hydrogen (secondary N) is 1. The van der Waals surface area contributed by atoms with Crippen LogP contribution in [0, 0.1) is 16.0 Å². The summed E-state index contributed by atoms with van der Waals surface area (Å²) in [5.41, 5.74) is -0.783. The molecule has 1 aromatic rings. The van der Waals surface area contributed by atoms with Crippen LogP contribution in [0.15, 0.2) is 18.2 Å². The molecule has 19 heavy (non-hydrogen) atoms. The lowest BCUT2D eigenvalue weighted by molar-refractivity contribution is -0.384. The first-order valence-corrected chi connectivity index (χ1v) is 5.63. The third-order valence-corrected chi connectivity index (χ3v) is 2.36. The van der Waals surface area contributed by atoms with E-state index in [0.717, 1.165) is 18.2 Å². The maximum atomic E-state index is 11.9. The second-order valence-electron chi connectivity index (χ2n) is 4.40. The van der Waals surface area contributed by atoms with Crippen LogP contribution >= 0.6 is 0 Å². The van der Waals surface area contributed by atoms with Gasteiger partial charge in [0.25, 0.3) is 11.6 Å². The normalized spacial score (nSPS) is 10.3. The molecule has 2 N–H and O–H groups in total. The maximum absolute atomic E-state index is 11.9. The summed E-state index contributed by atoms with van der Waals surface area (Å²) in [6.45, 7) is 4.12. The lowest BCUT2D eigenvalue weighted by Gasteiger charge is -2.09. The van der Waals surface area contributed by atoms with Crippen LogP contribution in [0.1, 0.15) is 34.6 Å². The van der Waals surface area contributed by atoms with Crippen LogP contribution in [0.25, 0.3) is 0 Å². The highest BCUT2D eigenvalue weighted by Gasteiger charge is 2.20. The van der Waals surface area contributed by atoms with Crippen molar-refractivity contribution in [2.45, 2.75) is 13.8 Å². The smallest absolute Gasteiger partial charge is 0.336 e. The molecule has 0 saturated heterocycles. The number of amides is 1. The summed E-state index contributed by atoms with van der Waals surface area (Å²) in [4.78, 5) is 32.8. The lowest BCUT2D eigenvalue weighted by Crippen LogP contribution is -2.28. The third-order valence-electron chi connectivity index (χ3n) is 2.36. The first-order chi connectivity index (χ1) is 8.82. The first kappa shape index (κ1) is 14.6. The van der Waals surface area contributed by atoms with Gasteiger partial charge in [0.2, 0.25) is 0 Å². The van der Waals surface area contributed by atoms with E-state index in [1.807, 2.05) is 13.8 Å². The Kier molecular flexibility index (Phi) is 4.57. The number of nitro benzene ring substituents is 1. The molecule has 1 rings (SSSR count). The predicted octanol–water partition coefficient (Wildman–Crippen LogP) is 1.68. The van der Waals surface area contributed by atoms with E-state index in [4.69, 9.17) is 5.11 Å². The number of rotatable bonds is 5. The van der Waals surface area contributed by atoms with Crippen LogP contribution in [-0.4, -0.2) is 28.5 Å². The maximum Gasteiger partial charge on any atom is 0.336 e. The van der Waals surface area contributed by atoms with Crippen molar-refractivity contribution < 1.29 is 19.6 Å². The Morgan fingerprint density at radius 1 is 1.37 bits per heavy atom. The second kappa shape index (κ2) is 5.94. The van der Waals surface area contributed by atoms with Gasteiger partial charge in [-0.1, -0.05) is 13.8 Å². The Morgan fingerprint density at radius 2 is 2.00 bits per heavy atom. The number of nitro groups is 1. The number of hydrogen-bond acceptors (Lipinski definition) is 4. The molecule has 7 nitrogen and oxygen atoms in total. The number of carboxylic acids is 1.